The molecule has 6 nitrogen and oxygen atoms in total. The van der Waals surface area contributed by atoms with E-state index in [4.69, 9.17) is 21.1 Å². The Kier molecular flexibility index (Phi) is 4.96. The van der Waals surface area contributed by atoms with Crippen molar-refractivity contribution in [2.75, 3.05) is 6.79 Å². The van der Waals surface area contributed by atoms with Crippen LogP contribution in [-0.2, 0) is 4.79 Å². The van der Waals surface area contributed by atoms with E-state index >= 15 is 0 Å². The zero-order valence-corrected chi connectivity index (χ0v) is 16.0. The topological polar surface area (TPSA) is 80.7 Å². The van der Waals surface area contributed by atoms with Crippen LogP contribution in [0.15, 0.2) is 42.6 Å². The molecule has 0 bridgehead atoms. The molecule has 144 valence electrons. The summed E-state index contributed by atoms with van der Waals surface area (Å²) < 4.78 is 10.8. The highest BCUT2D eigenvalue weighted by Gasteiger charge is 2.25. The first-order valence-corrected chi connectivity index (χ1v) is 9.41. The van der Waals surface area contributed by atoms with Crippen LogP contribution in [0.25, 0.3) is 10.9 Å². The summed E-state index contributed by atoms with van der Waals surface area (Å²) in [5.41, 5.74) is 1.61. The molecule has 0 aliphatic carbocycles. The second-order valence-electron chi connectivity index (χ2n) is 6.56. The first-order chi connectivity index (χ1) is 13.6. The molecule has 28 heavy (non-hydrogen) atoms. The van der Waals surface area contributed by atoms with E-state index in [1.54, 1.807) is 36.5 Å². The fraction of sp³-hybridized carbons (Fsp3) is 0.238. The van der Waals surface area contributed by atoms with Crippen LogP contribution in [0.3, 0.4) is 0 Å². The van der Waals surface area contributed by atoms with E-state index in [1.807, 2.05) is 13.0 Å². The third-order valence-electron chi connectivity index (χ3n) is 4.67. The van der Waals surface area contributed by atoms with Crippen LogP contribution in [0, 0.1) is 0 Å². The average molecular weight is 399 g/mol. The summed E-state index contributed by atoms with van der Waals surface area (Å²) >= 11 is 6.45. The minimum Gasteiger partial charge on any atom is -0.505 e. The zero-order valence-electron chi connectivity index (χ0n) is 15.2. The Balaban J connectivity index is 1.85. The predicted molar refractivity (Wildman–Crippen MR) is 106 cm³/mol. The molecule has 7 heteroatoms. The van der Waals surface area contributed by atoms with Gasteiger partial charge in [-0.05, 0) is 42.3 Å². The van der Waals surface area contributed by atoms with E-state index in [1.165, 1.54) is 0 Å². The minimum atomic E-state index is -0.613. The van der Waals surface area contributed by atoms with Gasteiger partial charge in [0.2, 0.25) is 12.7 Å². The smallest absolute Gasteiger partial charge is 0.231 e. The van der Waals surface area contributed by atoms with E-state index < -0.39 is 6.04 Å². The highest BCUT2D eigenvalue weighted by atomic mass is 35.5. The Morgan fingerprint density at radius 3 is 2.93 bits per heavy atom. The van der Waals surface area contributed by atoms with Crippen molar-refractivity contribution in [2.24, 2.45) is 0 Å². The normalized spacial score (nSPS) is 13.5. The van der Waals surface area contributed by atoms with Gasteiger partial charge < -0.3 is 19.9 Å². The van der Waals surface area contributed by atoms with E-state index in [2.05, 4.69) is 10.3 Å². The van der Waals surface area contributed by atoms with Crippen LogP contribution in [0.1, 0.15) is 36.9 Å². The van der Waals surface area contributed by atoms with Crippen molar-refractivity contribution in [2.45, 2.75) is 25.8 Å². The summed E-state index contributed by atoms with van der Waals surface area (Å²) in [4.78, 5) is 16.7. The Labute approximate surface area is 167 Å². The van der Waals surface area contributed by atoms with Crippen LogP contribution in [0.4, 0.5) is 0 Å². The maximum Gasteiger partial charge on any atom is 0.231 e. The van der Waals surface area contributed by atoms with Gasteiger partial charge >= 0.3 is 0 Å². The molecule has 3 aromatic rings. The number of rotatable bonds is 5. The number of nitrogens with one attached hydrogen (secondary N) is 1. The molecule has 1 atom stereocenters. The zero-order chi connectivity index (χ0) is 19.7. The van der Waals surface area contributed by atoms with Gasteiger partial charge in [0, 0.05) is 23.6 Å². The molecule has 0 saturated carbocycles. The lowest BCUT2D eigenvalue weighted by Gasteiger charge is -2.22. The van der Waals surface area contributed by atoms with Gasteiger partial charge in [-0.1, -0.05) is 24.6 Å². The molecule has 2 heterocycles. The highest BCUT2D eigenvalue weighted by molar-refractivity contribution is 6.35. The average Bonchev–Trinajstić information content (AvgIpc) is 3.17. The van der Waals surface area contributed by atoms with Crippen molar-refractivity contribution in [1.29, 1.82) is 0 Å². The van der Waals surface area contributed by atoms with Crippen molar-refractivity contribution in [1.82, 2.24) is 10.3 Å². The molecule has 2 aromatic carbocycles. The van der Waals surface area contributed by atoms with Crippen molar-refractivity contribution in [3.63, 3.8) is 0 Å². The number of halogens is 1. The molecule has 4 rings (SSSR count). The summed E-state index contributed by atoms with van der Waals surface area (Å²) in [7, 11) is 0. The molecule has 2 N–H and O–H groups in total. The molecule has 1 aromatic heterocycles. The number of phenols is 1. The molecule has 1 amide bonds. The molecule has 0 unspecified atom stereocenters. The van der Waals surface area contributed by atoms with E-state index in [0.717, 1.165) is 5.56 Å². The molecular weight excluding hydrogens is 380 g/mol. The number of aromatic hydroxyl groups is 1. The molecular formula is C21H19ClN2O4. The van der Waals surface area contributed by atoms with E-state index in [9.17, 15) is 9.90 Å². The summed E-state index contributed by atoms with van der Waals surface area (Å²) in [5.74, 6) is 1.10. The van der Waals surface area contributed by atoms with E-state index in [0.29, 0.717) is 45.8 Å². The van der Waals surface area contributed by atoms with Gasteiger partial charge in [0.05, 0.1) is 11.1 Å². The lowest BCUT2D eigenvalue weighted by atomic mass is 9.95. The second kappa shape index (κ2) is 7.56. The van der Waals surface area contributed by atoms with Crippen molar-refractivity contribution < 1.29 is 19.4 Å². The molecule has 1 aliphatic heterocycles. The SMILES string of the molecule is CCCC(=O)N[C@@H](c1ccc2c(c1)OCO2)c1cc(Cl)c2cccnc2c1O. The lowest BCUT2D eigenvalue weighted by molar-refractivity contribution is -0.121. The van der Waals surface area contributed by atoms with Gasteiger partial charge in [-0.2, -0.15) is 0 Å². The molecule has 1 aliphatic rings. The fourth-order valence-corrected chi connectivity index (χ4v) is 3.59. The summed E-state index contributed by atoms with van der Waals surface area (Å²) in [6, 6.07) is 10.0. The summed E-state index contributed by atoms with van der Waals surface area (Å²) in [6.45, 7) is 2.09. The fourth-order valence-electron chi connectivity index (χ4n) is 3.32. The Morgan fingerprint density at radius 2 is 2.11 bits per heavy atom. The van der Waals surface area contributed by atoms with Gasteiger partial charge in [-0.3, -0.25) is 9.78 Å². The van der Waals surface area contributed by atoms with Crippen LogP contribution in [0.2, 0.25) is 5.02 Å². The number of nitrogens with zero attached hydrogens (tertiary/aromatic N) is 1. The number of fused-ring (bicyclic) bond motifs is 2. The largest absolute Gasteiger partial charge is 0.505 e. The number of carbonyl (C=O) groups is 1. The van der Waals surface area contributed by atoms with Crippen LogP contribution in [-0.4, -0.2) is 22.8 Å². The van der Waals surface area contributed by atoms with Crippen LogP contribution in [0.5, 0.6) is 17.2 Å². The number of hydrogen-bond donors (Lipinski definition) is 2. The number of aromatic nitrogens is 1. The van der Waals surface area contributed by atoms with Crippen LogP contribution >= 0.6 is 11.6 Å². The standard InChI is InChI=1S/C21H19ClN2O4/c1-2-4-18(25)24-19(12-6-7-16-17(9-12)28-11-27-16)14-10-15(22)13-5-3-8-23-20(13)21(14)26/h3,5-10,19,26H,2,4,11H2,1H3,(H,24,25)/t19-/m0/s1. The third kappa shape index (κ3) is 3.31. The third-order valence-corrected chi connectivity index (χ3v) is 4.98. The number of carbonyl (C=O) groups excluding carboxylic acids is 1. The number of amides is 1. The minimum absolute atomic E-state index is 0.0144. The molecule has 0 spiro atoms. The Hall–Kier alpha value is -2.99. The maximum absolute atomic E-state index is 12.4. The van der Waals surface area contributed by atoms with Gasteiger partial charge in [0.1, 0.15) is 11.3 Å². The van der Waals surface area contributed by atoms with Gasteiger partial charge in [-0.15, -0.1) is 0 Å². The van der Waals surface area contributed by atoms with Gasteiger partial charge in [-0.25, -0.2) is 0 Å². The number of ether oxygens (including phenoxy) is 2. The Bertz CT molecular complexity index is 1050. The highest BCUT2D eigenvalue weighted by Crippen LogP contribution is 2.41. The van der Waals surface area contributed by atoms with E-state index in [-0.39, 0.29) is 18.4 Å². The maximum atomic E-state index is 12.4. The number of hydrogen-bond acceptors (Lipinski definition) is 5. The Morgan fingerprint density at radius 1 is 1.29 bits per heavy atom. The first kappa shape index (κ1) is 18.4. The first-order valence-electron chi connectivity index (χ1n) is 9.03. The van der Waals surface area contributed by atoms with Gasteiger partial charge in [0.25, 0.3) is 0 Å². The summed E-state index contributed by atoms with van der Waals surface area (Å²) in [6.07, 6.45) is 2.68. The quantitative estimate of drug-likeness (QED) is 0.668. The van der Waals surface area contributed by atoms with Crippen molar-refractivity contribution >= 4 is 28.4 Å². The molecule has 0 saturated heterocycles. The van der Waals surface area contributed by atoms with Gasteiger partial charge in [0.15, 0.2) is 11.5 Å². The molecule has 0 fully saturated rings. The number of pyridine rings is 1. The molecule has 0 radical (unpaired) electrons. The van der Waals surface area contributed by atoms with Crippen molar-refractivity contribution in [3.8, 4) is 17.2 Å². The number of phenolic OH excluding ortho intramolecular Hbond substituents is 1. The predicted octanol–water partition coefficient (Wildman–Crippen LogP) is 4.33. The van der Waals surface area contributed by atoms with Crippen molar-refractivity contribution in [3.05, 3.63) is 58.7 Å². The monoisotopic (exact) mass is 398 g/mol. The number of benzene rings is 2. The lowest BCUT2D eigenvalue weighted by Crippen LogP contribution is -2.29. The van der Waals surface area contributed by atoms with Crippen LogP contribution < -0.4 is 14.8 Å². The second-order valence-corrected chi connectivity index (χ2v) is 6.97. The summed E-state index contributed by atoms with van der Waals surface area (Å²) in [5, 5.41) is 15.0.